The molecule has 9 nitrogen and oxygen atoms in total. The molecule has 0 bridgehead atoms. The van der Waals surface area contributed by atoms with Gasteiger partial charge in [0.2, 0.25) is 0 Å². The second kappa shape index (κ2) is 8.70. The van der Waals surface area contributed by atoms with Gasteiger partial charge in [-0.1, -0.05) is 11.3 Å². The summed E-state index contributed by atoms with van der Waals surface area (Å²) >= 11 is 1.25. The first-order valence-corrected chi connectivity index (χ1v) is 10.9. The van der Waals surface area contributed by atoms with Crippen LogP contribution in [0.2, 0.25) is 0 Å². The zero-order valence-corrected chi connectivity index (χ0v) is 20.0. The molecule has 3 aromatic rings. The van der Waals surface area contributed by atoms with Crippen LogP contribution in [0.4, 0.5) is 0 Å². The smallest absolute Gasteiger partial charge is 0.338 e. The molecule has 0 saturated carbocycles. The Morgan fingerprint density at radius 3 is 2.55 bits per heavy atom. The molecule has 0 N–H and O–H groups in total. The third-order valence-corrected chi connectivity index (χ3v) is 6.70. The fourth-order valence-electron chi connectivity index (χ4n) is 3.85. The first-order chi connectivity index (χ1) is 15.8. The van der Waals surface area contributed by atoms with Crippen LogP contribution in [0.25, 0.3) is 6.08 Å². The van der Waals surface area contributed by atoms with Gasteiger partial charge in [0.15, 0.2) is 4.80 Å². The second-order valence-electron chi connectivity index (χ2n) is 7.49. The van der Waals surface area contributed by atoms with Crippen LogP contribution in [0, 0.1) is 6.92 Å². The highest BCUT2D eigenvalue weighted by molar-refractivity contribution is 7.07. The molecule has 0 saturated heterocycles. The lowest BCUT2D eigenvalue weighted by atomic mass is 9.96. The highest BCUT2D eigenvalue weighted by atomic mass is 32.1. The van der Waals surface area contributed by atoms with Gasteiger partial charge in [0, 0.05) is 29.9 Å². The lowest BCUT2D eigenvalue weighted by molar-refractivity contribution is -0.136. The Morgan fingerprint density at radius 1 is 1.18 bits per heavy atom. The highest BCUT2D eigenvalue weighted by Gasteiger charge is 2.35. The van der Waals surface area contributed by atoms with Gasteiger partial charge in [0.1, 0.15) is 17.5 Å². The lowest BCUT2D eigenvalue weighted by Gasteiger charge is -2.23. The van der Waals surface area contributed by atoms with Crippen molar-refractivity contribution in [3.05, 3.63) is 72.2 Å². The van der Waals surface area contributed by atoms with Crippen LogP contribution in [-0.2, 0) is 16.6 Å². The van der Waals surface area contributed by atoms with Gasteiger partial charge in [-0.3, -0.25) is 14.0 Å². The van der Waals surface area contributed by atoms with Gasteiger partial charge in [-0.25, -0.2) is 9.79 Å². The summed E-state index contributed by atoms with van der Waals surface area (Å²) in [6.07, 6.45) is 3.43. The van der Waals surface area contributed by atoms with E-state index < -0.39 is 12.0 Å². The largest absolute Gasteiger partial charge is 0.497 e. The second-order valence-corrected chi connectivity index (χ2v) is 8.50. The summed E-state index contributed by atoms with van der Waals surface area (Å²) in [6, 6.07) is 4.68. The molecule has 0 aliphatic carbocycles. The Bertz CT molecular complexity index is 1460. The molecule has 0 amide bonds. The van der Waals surface area contributed by atoms with Crippen molar-refractivity contribution in [1.29, 1.82) is 0 Å². The minimum absolute atomic E-state index is 0.265. The fraction of sp³-hybridized carbons (Fsp3) is 0.304. The minimum atomic E-state index is -0.692. The molecule has 3 heterocycles. The van der Waals surface area contributed by atoms with Crippen LogP contribution in [-0.4, -0.2) is 41.6 Å². The summed E-state index contributed by atoms with van der Waals surface area (Å²) in [6.45, 7) is 3.64. The highest BCUT2D eigenvalue weighted by Crippen LogP contribution is 2.32. The molecule has 0 radical (unpaired) electrons. The number of esters is 1. The van der Waals surface area contributed by atoms with Gasteiger partial charge < -0.3 is 14.2 Å². The third kappa shape index (κ3) is 3.76. The van der Waals surface area contributed by atoms with Crippen molar-refractivity contribution in [2.45, 2.75) is 19.9 Å². The number of nitrogens with zero attached hydrogens (tertiary/aromatic N) is 4. The number of carbonyl (C=O) groups is 1. The topological polar surface area (TPSA) is 96.9 Å². The Hall–Kier alpha value is -3.66. The molecular formula is C23H24N4O5S. The predicted molar refractivity (Wildman–Crippen MR) is 123 cm³/mol. The van der Waals surface area contributed by atoms with Crippen molar-refractivity contribution in [3.63, 3.8) is 0 Å². The average Bonchev–Trinajstić information content (AvgIpc) is 3.30. The van der Waals surface area contributed by atoms with E-state index in [2.05, 4.69) is 10.1 Å². The first-order valence-electron chi connectivity index (χ1n) is 10.1. The predicted octanol–water partition coefficient (Wildman–Crippen LogP) is 1.47. The van der Waals surface area contributed by atoms with Crippen LogP contribution >= 0.6 is 11.3 Å². The number of benzene rings is 1. The zero-order chi connectivity index (χ0) is 23.9. The molecule has 1 aliphatic heterocycles. The van der Waals surface area contributed by atoms with Crippen LogP contribution in [0.3, 0.4) is 0 Å². The maximum Gasteiger partial charge on any atom is 0.338 e. The molecular weight excluding hydrogens is 444 g/mol. The number of methoxy groups -OCH3 is 3. The van der Waals surface area contributed by atoms with Crippen LogP contribution in [0.1, 0.15) is 29.8 Å². The standard InChI is InChI=1S/C23H24N4O5S/c1-12-19(22(29)32-6)20(16-11-24-26(3)13(16)2)27-21(28)18(33-23(27)25-12)9-14-7-8-15(30-4)10-17(14)31-5/h7-11,20H,1-6H3. The maximum absolute atomic E-state index is 13.6. The van der Waals surface area contributed by atoms with E-state index in [4.69, 9.17) is 14.2 Å². The molecule has 2 aromatic heterocycles. The van der Waals surface area contributed by atoms with Gasteiger partial charge in [0.05, 0.1) is 43.3 Å². The van der Waals surface area contributed by atoms with Gasteiger partial charge in [-0.05, 0) is 32.1 Å². The van der Waals surface area contributed by atoms with Gasteiger partial charge in [0.25, 0.3) is 5.56 Å². The molecule has 33 heavy (non-hydrogen) atoms. The van der Waals surface area contributed by atoms with Crippen LogP contribution < -0.4 is 24.4 Å². The quantitative estimate of drug-likeness (QED) is 0.526. The number of allylic oxidation sites excluding steroid dienone is 1. The number of aryl methyl sites for hydroxylation is 1. The van der Waals surface area contributed by atoms with Crippen LogP contribution in [0.15, 0.2) is 45.5 Å². The number of hydrogen-bond acceptors (Lipinski definition) is 8. The average molecular weight is 469 g/mol. The molecule has 1 aromatic carbocycles. The van der Waals surface area contributed by atoms with Gasteiger partial charge in [-0.2, -0.15) is 5.10 Å². The summed E-state index contributed by atoms with van der Waals surface area (Å²) in [5.41, 5.74) is 2.85. The van der Waals surface area contributed by atoms with E-state index in [-0.39, 0.29) is 5.56 Å². The number of carbonyl (C=O) groups excluding carboxylic acids is 1. The fourth-order valence-corrected chi connectivity index (χ4v) is 4.89. The summed E-state index contributed by atoms with van der Waals surface area (Å²) in [5.74, 6) is 0.692. The van der Waals surface area contributed by atoms with E-state index >= 15 is 0 Å². The van der Waals surface area contributed by atoms with Crippen molar-refractivity contribution in [3.8, 4) is 11.5 Å². The molecule has 172 valence electrons. The van der Waals surface area contributed by atoms with Crippen molar-refractivity contribution < 1.29 is 19.0 Å². The van der Waals surface area contributed by atoms with Gasteiger partial charge >= 0.3 is 5.97 Å². The van der Waals surface area contributed by atoms with Crippen molar-refractivity contribution in [1.82, 2.24) is 14.3 Å². The monoisotopic (exact) mass is 468 g/mol. The van der Waals surface area contributed by atoms with E-state index in [1.54, 1.807) is 50.2 Å². The van der Waals surface area contributed by atoms with E-state index in [0.717, 1.165) is 16.8 Å². The number of ether oxygens (including phenoxy) is 3. The van der Waals surface area contributed by atoms with Crippen molar-refractivity contribution in [2.24, 2.45) is 12.0 Å². The van der Waals surface area contributed by atoms with E-state index in [1.165, 1.54) is 23.0 Å². The number of aromatic nitrogens is 3. The normalized spacial score (nSPS) is 15.8. The minimum Gasteiger partial charge on any atom is -0.497 e. The number of rotatable bonds is 5. The number of thiazole rings is 1. The zero-order valence-electron chi connectivity index (χ0n) is 19.2. The Balaban J connectivity index is 1.98. The van der Waals surface area contributed by atoms with E-state index in [0.29, 0.717) is 32.1 Å². The summed E-state index contributed by atoms with van der Waals surface area (Å²) < 4.78 is 19.5. The molecule has 0 spiro atoms. The summed E-state index contributed by atoms with van der Waals surface area (Å²) in [7, 11) is 6.27. The Morgan fingerprint density at radius 2 is 1.94 bits per heavy atom. The molecule has 0 fully saturated rings. The number of hydrogen-bond donors (Lipinski definition) is 0. The van der Waals surface area contributed by atoms with Crippen LogP contribution in [0.5, 0.6) is 11.5 Å². The third-order valence-electron chi connectivity index (χ3n) is 5.72. The molecule has 4 rings (SSSR count). The van der Waals surface area contributed by atoms with E-state index in [9.17, 15) is 9.59 Å². The molecule has 10 heteroatoms. The summed E-state index contributed by atoms with van der Waals surface area (Å²) in [5, 5.41) is 4.32. The lowest BCUT2D eigenvalue weighted by Crippen LogP contribution is -2.40. The Kier molecular flexibility index (Phi) is 5.94. The first kappa shape index (κ1) is 22.5. The van der Waals surface area contributed by atoms with Crippen molar-refractivity contribution in [2.75, 3.05) is 21.3 Å². The van der Waals surface area contributed by atoms with Gasteiger partial charge in [-0.15, -0.1) is 0 Å². The molecule has 1 aliphatic rings. The Labute approximate surface area is 193 Å². The number of fused-ring (bicyclic) bond motifs is 1. The molecule has 1 unspecified atom stereocenters. The van der Waals surface area contributed by atoms with Crippen molar-refractivity contribution >= 4 is 23.4 Å². The SMILES string of the molecule is COC(=O)C1=C(C)N=c2sc(=Cc3ccc(OC)cc3OC)c(=O)n2C1c1cnn(C)c1C. The van der Waals surface area contributed by atoms with E-state index in [1.807, 2.05) is 20.0 Å². The summed E-state index contributed by atoms with van der Waals surface area (Å²) in [4.78, 5) is 31.4. The molecule has 1 atom stereocenters. The maximum atomic E-state index is 13.6.